The standard InChI is InChI=1S/C20H20N2O3/c1-24-20(23)19-18(21)16(12-22-19)11-15-9-5-6-10-17(15)25-13-14-7-3-2-4-8-14/h2-10,12,22H,11,13,21H2,1H3. The SMILES string of the molecule is COC(=O)c1[nH]cc(Cc2ccccc2OCc2ccccc2)c1N. The Bertz CT molecular complexity index is 856. The number of hydrogen-bond acceptors (Lipinski definition) is 4. The molecule has 1 aromatic heterocycles. The first-order valence-corrected chi connectivity index (χ1v) is 7.97. The summed E-state index contributed by atoms with van der Waals surface area (Å²) in [4.78, 5) is 14.6. The molecule has 0 bridgehead atoms. The van der Waals surface area contributed by atoms with Crippen molar-refractivity contribution in [2.24, 2.45) is 0 Å². The Morgan fingerprint density at radius 1 is 1.04 bits per heavy atom. The van der Waals surface area contributed by atoms with Crippen molar-refractivity contribution in [2.75, 3.05) is 12.8 Å². The molecule has 25 heavy (non-hydrogen) atoms. The van der Waals surface area contributed by atoms with Gasteiger partial charge in [-0.15, -0.1) is 0 Å². The summed E-state index contributed by atoms with van der Waals surface area (Å²) in [5, 5.41) is 0. The summed E-state index contributed by atoms with van der Waals surface area (Å²) >= 11 is 0. The normalized spacial score (nSPS) is 10.4. The molecule has 3 aromatic rings. The van der Waals surface area contributed by atoms with Crippen molar-refractivity contribution in [3.8, 4) is 5.75 Å². The number of nitrogens with two attached hydrogens (primary N) is 1. The molecule has 0 aliphatic heterocycles. The molecule has 0 fully saturated rings. The number of esters is 1. The highest BCUT2D eigenvalue weighted by atomic mass is 16.5. The summed E-state index contributed by atoms with van der Waals surface area (Å²) in [6.07, 6.45) is 2.29. The van der Waals surface area contributed by atoms with E-state index in [2.05, 4.69) is 4.98 Å². The maximum absolute atomic E-state index is 11.7. The number of nitrogens with one attached hydrogen (secondary N) is 1. The smallest absolute Gasteiger partial charge is 0.356 e. The maximum Gasteiger partial charge on any atom is 0.356 e. The number of para-hydroxylation sites is 1. The van der Waals surface area contributed by atoms with Crippen molar-refractivity contribution < 1.29 is 14.3 Å². The number of rotatable bonds is 6. The zero-order valence-electron chi connectivity index (χ0n) is 14.0. The summed E-state index contributed by atoms with van der Waals surface area (Å²) in [6.45, 7) is 0.494. The minimum atomic E-state index is -0.475. The number of aromatic nitrogens is 1. The average molecular weight is 336 g/mol. The van der Waals surface area contributed by atoms with Gasteiger partial charge in [-0.2, -0.15) is 0 Å². The van der Waals surface area contributed by atoms with Crippen molar-refractivity contribution in [2.45, 2.75) is 13.0 Å². The Labute approximate surface area is 146 Å². The molecule has 5 nitrogen and oxygen atoms in total. The molecule has 0 unspecified atom stereocenters. The first-order chi connectivity index (χ1) is 12.2. The summed E-state index contributed by atoms with van der Waals surface area (Å²) < 4.78 is 10.7. The lowest BCUT2D eigenvalue weighted by Gasteiger charge is -2.11. The van der Waals surface area contributed by atoms with E-state index in [1.54, 1.807) is 6.20 Å². The predicted molar refractivity (Wildman–Crippen MR) is 96.6 cm³/mol. The second-order valence-corrected chi connectivity index (χ2v) is 5.65. The third kappa shape index (κ3) is 3.83. The van der Waals surface area contributed by atoms with Gasteiger partial charge in [0, 0.05) is 12.6 Å². The lowest BCUT2D eigenvalue weighted by Crippen LogP contribution is -2.05. The Balaban J connectivity index is 1.77. The van der Waals surface area contributed by atoms with Crippen molar-refractivity contribution in [1.29, 1.82) is 0 Å². The molecule has 5 heteroatoms. The van der Waals surface area contributed by atoms with E-state index in [-0.39, 0.29) is 5.69 Å². The van der Waals surface area contributed by atoms with Gasteiger partial charge in [0.25, 0.3) is 0 Å². The first-order valence-electron chi connectivity index (χ1n) is 7.97. The lowest BCUT2D eigenvalue weighted by molar-refractivity contribution is 0.0596. The van der Waals surface area contributed by atoms with Crippen LogP contribution in [0.25, 0.3) is 0 Å². The summed E-state index contributed by atoms with van der Waals surface area (Å²) in [7, 11) is 1.33. The van der Waals surface area contributed by atoms with Gasteiger partial charge < -0.3 is 20.2 Å². The summed E-state index contributed by atoms with van der Waals surface area (Å²) in [5.74, 6) is 0.323. The van der Waals surface area contributed by atoms with Crippen LogP contribution in [0.5, 0.6) is 5.75 Å². The molecular formula is C20H20N2O3. The van der Waals surface area contributed by atoms with E-state index in [0.717, 1.165) is 22.4 Å². The van der Waals surface area contributed by atoms with Crippen molar-refractivity contribution in [1.82, 2.24) is 4.98 Å². The van der Waals surface area contributed by atoms with Gasteiger partial charge in [0.05, 0.1) is 12.8 Å². The number of methoxy groups -OCH3 is 1. The molecule has 0 radical (unpaired) electrons. The van der Waals surface area contributed by atoms with Gasteiger partial charge in [-0.25, -0.2) is 4.79 Å². The van der Waals surface area contributed by atoms with E-state index in [1.165, 1.54) is 7.11 Å². The third-order valence-corrected chi connectivity index (χ3v) is 3.99. The number of aromatic amines is 1. The van der Waals surface area contributed by atoms with Crippen LogP contribution < -0.4 is 10.5 Å². The molecule has 3 rings (SSSR count). The third-order valence-electron chi connectivity index (χ3n) is 3.99. The van der Waals surface area contributed by atoms with Crippen LogP contribution in [0.2, 0.25) is 0 Å². The number of ether oxygens (including phenoxy) is 2. The Kier molecular flexibility index (Phi) is 5.04. The molecule has 2 aromatic carbocycles. The van der Waals surface area contributed by atoms with E-state index < -0.39 is 5.97 Å². The monoisotopic (exact) mass is 336 g/mol. The van der Waals surface area contributed by atoms with Crippen LogP contribution in [0.1, 0.15) is 27.2 Å². The number of benzene rings is 2. The average Bonchev–Trinajstić information content (AvgIpc) is 3.02. The minimum Gasteiger partial charge on any atom is -0.489 e. The van der Waals surface area contributed by atoms with Gasteiger partial charge in [0.15, 0.2) is 0 Å². The highest BCUT2D eigenvalue weighted by molar-refractivity contribution is 5.94. The first kappa shape index (κ1) is 16.6. The summed E-state index contributed by atoms with van der Waals surface area (Å²) in [5.41, 5.74) is 9.69. The van der Waals surface area contributed by atoms with Crippen molar-refractivity contribution in [3.63, 3.8) is 0 Å². The van der Waals surface area contributed by atoms with Gasteiger partial charge >= 0.3 is 5.97 Å². The van der Waals surface area contributed by atoms with E-state index in [1.807, 2.05) is 54.6 Å². The number of H-pyrrole nitrogens is 1. The summed E-state index contributed by atoms with van der Waals surface area (Å²) in [6, 6.07) is 17.8. The van der Waals surface area contributed by atoms with Crippen LogP contribution in [0.4, 0.5) is 5.69 Å². The van der Waals surface area contributed by atoms with E-state index in [9.17, 15) is 4.79 Å². The van der Waals surface area contributed by atoms with Crippen LogP contribution in [-0.4, -0.2) is 18.1 Å². The van der Waals surface area contributed by atoms with Gasteiger partial charge in [0.1, 0.15) is 18.1 Å². The predicted octanol–water partition coefficient (Wildman–Crippen LogP) is 3.55. The zero-order chi connectivity index (χ0) is 17.6. The Morgan fingerprint density at radius 3 is 2.52 bits per heavy atom. The molecule has 0 saturated heterocycles. The van der Waals surface area contributed by atoms with Crippen LogP contribution in [0, 0.1) is 0 Å². The van der Waals surface area contributed by atoms with Gasteiger partial charge in [0.2, 0.25) is 0 Å². The van der Waals surface area contributed by atoms with Crippen LogP contribution in [0.15, 0.2) is 60.8 Å². The number of hydrogen-bond donors (Lipinski definition) is 2. The highest BCUT2D eigenvalue weighted by Gasteiger charge is 2.16. The lowest BCUT2D eigenvalue weighted by atomic mass is 10.0. The molecule has 0 amide bonds. The molecule has 0 spiro atoms. The van der Waals surface area contributed by atoms with Crippen LogP contribution in [-0.2, 0) is 17.8 Å². The number of carbonyl (C=O) groups is 1. The van der Waals surface area contributed by atoms with E-state index in [4.69, 9.17) is 15.2 Å². The van der Waals surface area contributed by atoms with Crippen LogP contribution in [0.3, 0.4) is 0 Å². The Morgan fingerprint density at radius 2 is 1.76 bits per heavy atom. The van der Waals surface area contributed by atoms with Crippen molar-refractivity contribution in [3.05, 3.63) is 83.2 Å². The number of carbonyl (C=O) groups excluding carboxylic acids is 1. The molecule has 0 atom stereocenters. The minimum absolute atomic E-state index is 0.278. The van der Waals surface area contributed by atoms with Crippen molar-refractivity contribution >= 4 is 11.7 Å². The molecule has 3 N–H and O–H groups in total. The fourth-order valence-corrected chi connectivity index (χ4v) is 2.62. The maximum atomic E-state index is 11.7. The fourth-order valence-electron chi connectivity index (χ4n) is 2.62. The number of nitrogen functional groups attached to an aromatic ring is 1. The molecular weight excluding hydrogens is 316 g/mol. The largest absolute Gasteiger partial charge is 0.489 e. The molecule has 1 heterocycles. The fraction of sp³-hybridized carbons (Fsp3) is 0.150. The van der Waals surface area contributed by atoms with Crippen LogP contribution >= 0.6 is 0 Å². The second-order valence-electron chi connectivity index (χ2n) is 5.65. The second kappa shape index (κ2) is 7.57. The Hall–Kier alpha value is -3.21. The molecule has 0 aliphatic rings. The molecule has 0 saturated carbocycles. The zero-order valence-corrected chi connectivity index (χ0v) is 14.0. The van der Waals surface area contributed by atoms with Gasteiger partial charge in [-0.05, 0) is 22.8 Å². The van der Waals surface area contributed by atoms with E-state index >= 15 is 0 Å². The van der Waals surface area contributed by atoms with Gasteiger partial charge in [-0.3, -0.25) is 0 Å². The quantitative estimate of drug-likeness (QED) is 0.675. The number of anilines is 1. The highest BCUT2D eigenvalue weighted by Crippen LogP contribution is 2.26. The topological polar surface area (TPSA) is 77.3 Å². The van der Waals surface area contributed by atoms with Gasteiger partial charge in [-0.1, -0.05) is 48.5 Å². The van der Waals surface area contributed by atoms with E-state index in [0.29, 0.717) is 18.7 Å². The molecule has 128 valence electrons. The molecule has 0 aliphatic carbocycles.